The summed E-state index contributed by atoms with van der Waals surface area (Å²) in [6.45, 7) is 4.65. The molecule has 2 saturated heterocycles. The third-order valence-corrected chi connectivity index (χ3v) is 6.55. The number of likely N-dealkylation sites (tertiary alicyclic amines) is 2. The Balaban J connectivity index is 1.40. The van der Waals surface area contributed by atoms with E-state index in [1.54, 1.807) is 18.5 Å². The van der Waals surface area contributed by atoms with Crippen molar-refractivity contribution in [1.82, 2.24) is 14.8 Å². The van der Waals surface area contributed by atoms with Crippen LogP contribution in [0.15, 0.2) is 42.7 Å². The number of amides is 2. The van der Waals surface area contributed by atoms with Crippen LogP contribution in [0.25, 0.3) is 0 Å². The lowest BCUT2D eigenvalue weighted by atomic mass is 9.77. The van der Waals surface area contributed by atoms with Gasteiger partial charge in [0.2, 0.25) is 5.91 Å². The number of hydrogen-bond donors (Lipinski definition) is 0. The van der Waals surface area contributed by atoms with Crippen molar-refractivity contribution in [3.8, 4) is 0 Å². The summed E-state index contributed by atoms with van der Waals surface area (Å²) in [5.74, 6) is 0.245. The number of piperidine rings is 1. The monoisotopic (exact) mass is 397 g/mol. The number of benzene rings is 1. The lowest BCUT2D eigenvalue weighted by molar-refractivity contribution is -0.128. The summed E-state index contributed by atoms with van der Waals surface area (Å²) in [5.41, 5.74) is 2.59. The Kier molecular flexibility index (Phi) is 5.11. The minimum atomic E-state index is -0.00965. The summed E-state index contributed by atoms with van der Waals surface area (Å²) in [6, 6.07) is 9.37. The van der Waals surface area contributed by atoms with Gasteiger partial charge in [-0.15, -0.1) is 0 Å². The highest BCUT2D eigenvalue weighted by Gasteiger charge is 2.45. The van der Waals surface area contributed by atoms with Crippen LogP contribution in [0.3, 0.4) is 0 Å². The maximum absolute atomic E-state index is 12.9. The molecule has 0 saturated carbocycles. The van der Waals surface area contributed by atoms with Gasteiger partial charge in [-0.3, -0.25) is 14.6 Å². The van der Waals surface area contributed by atoms with E-state index in [4.69, 9.17) is 11.6 Å². The Morgan fingerprint density at radius 3 is 2.61 bits per heavy atom. The van der Waals surface area contributed by atoms with Gasteiger partial charge < -0.3 is 9.80 Å². The summed E-state index contributed by atoms with van der Waals surface area (Å²) in [6.07, 6.45) is 5.81. The van der Waals surface area contributed by atoms with Crippen molar-refractivity contribution in [3.05, 3.63) is 64.4 Å². The zero-order chi connectivity index (χ0) is 19.7. The summed E-state index contributed by atoms with van der Waals surface area (Å²) in [7, 11) is 0. The maximum Gasteiger partial charge on any atom is 0.254 e. The van der Waals surface area contributed by atoms with Crippen LogP contribution in [0.4, 0.5) is 0 Å². The predicted molar refractivity (Wildman–Crippen MR) is 108 cm³/mol. The van der Waals surface area contributed by atoms with E-state index in [-0.39, 0.29) is 17.2 Å². The number of nitrogens with zero attached hydrogens (tertiary/aromatic N) is 3. The molecule has 0 unspecified atom stereocenters. The average molecular weight is 398 g/mol. The topological polar surface area (TPSA) is 53.5 Å². The van der Waals surface area contributed by atoms with E-state index >= 15 is 0 Å². The molecular weight excluding hydrogens is 374 g/mol. The van der Waals surface area contributed by atoms with E-state index in [0.29, 0.717) is 36.6 Å². The number of halogens is 1. The van der Waals surface area contributed by atoms with Crippen molar-refractivity contribution >= 4 is 23.4 Å². The lowest BCUT2D eigenvalue weighted by Gasteiger charge is -2.39. The number of carbonyl (C=O) groups is 2. The van der Waals surface area contributed by atoms with Crippen LogP contribution in [0.1, 0.15) is 40.7 Å². The molecule has 1 aromatic carbocycles. The predicted octanol–water partition coefficient (Wildman–Crippen LogP) is 3.70. The van der Waals surface area contributed by atoms with Gasteiger partial charge in [0.25, 0.3) is 5.91 Å². The molecule has 146 valence electrons. The molecule has 6 heteroatoms. The van der Waals surface area contributed by atoms with Gasteiger partial charge in [0.05, 0.1) is 0 Å². The molecule has 2 fully saturated rings. The molecule has 2 aliphatic rings. The summed E-state index contributed by atoms with van der Waals surface area (Å²) < 4.78 is 0. The Bertz CT molecular complexity index is 892. The van der Waals surface area contributed by atoms with Gasteiger partial charge in [-0.1, -0.05) is 17.7 Å². The fraction of sp³-hybridized carbons (Fsp3) is 0.409. The molecule has 0 radical (unpaired) electrons. The van der Waals surface area contributed by atoms with E-state index in [1.165, 1.54) is 0 Å². The van der Waals surface area contributed by atoms with Gasteiger partial charge in [0.15, 0.2) is 0 Å². The third kappa shape index (κ3) is 3.63. The van der Waals surface area contributed by atoms with Gasteiger partial charge in [0, 0.05) is 61.0 Å². The highest BCUT2D eigenvalue weighted by molar-refractivity contribution is 6.31. The van der Waals surface area contributed by atoms with E-state index < -0.39 is 0 Å². The highest BCUT2D eigenvalue weighted by Crippen LogP contribution is 2.41. The van der Waals surface area contributed by atoms with Crippen molar-refractivity contribution in [2.24, 2.45) is 5.41 Å². The minimum Gasteiger partial charge on any atom is -0.339 e. The summed E-state index contributed by atoms with van der Waals surface area (Å²) in [5, 5.41) is 0.618. The van der Waals surface area contributed by atoms with Crippen LogP contribution in [0.2, 0.25) is 5.02 Å². The number of hydrogen-bond acceptors (Lipinski definition) is 3. The van der Waals surface area contributed by atoms with Gasteiger partial charge in [-0.25, -0.2) is 0 Å². The molecule has 0 atom stereocenters. The molecule has 2 aromatic rings. The first-order valence-corrected chi connectivity index (χ1v) is 10.1. The van der Waals surface area contributed by atoms with Gasteiger partial charge in [-0.2, -0.15) is 0 Å². The second-order valence-corrected chi connectivity index (χ2v) is 8.39. The van der Waals surface area contributed by atoms with Gasteiger partial charge in [0.1, 0.15) is 0 Å². The molecule has 2 aliphatic heterocycles. The molecule has 1 spiro atoms. The molecule has 1 aromatic heterocycles. The Labute approximate surface area is 170 Å². The SMILES string of the molecule is Cc1c(Cl)cccc1C(=O)N1CCC2(CC1)CC(=O)N(Cc1ccncc1)C2. The molecule has 5 nitrogen and oxygen atoms in total. The molecule has 3 heterocycles. The summed E-state index contributed by atoms with van der Waals surface area (Å²) in [4.78, 5) is 33.4. The zero-order valence-corrected chi connectivity index (χ0v) is 16.8. The first kappa shape index (κ1) is 18.9. The molecular formula is C22H24ClN3O2. The minimum absolute atomic E-state index is 0.00965. The number of rotatable bonds is 3. The fourth-order valence-corrected chi connectivity index (χ4v) is 4.54. The number of carbonyl (C=O) groups excluding carboxylic acids is 2. The zero-order valence-electron chi connectivity index (χ0n) is 16.0. The van der Waals surface area contributed by atoms with E-state index in [2.05, 4.69) is 4.98 Å². The average Bonchev–Trinajstić information content (AvgIpc) is 2.99. The normalized spacial score (nSPS) is 18.7. The Morgan fingerprint density at radius 2 is 1.89 bits per heavy atom. The van der Waals surface area contributed by atoms with Crippen molar-refractivity contribution < 1.29 is 9.59 Å². The van der Waals surface area contributed by atoms with Crippen LogP contribution in [0.5, 0.6) is 0 Å². The van der Waals surface area contributed by atoms with E-state index in [9.17, 15) is 9.59 Å². The van der Waals surface area contributed by atoms with Crippen LogP contribution < -0.4 is 0 Å². The number of pyridine rings is 1. The van der Waals surface area contributed by atoms with Crippen LogP contribution in [-0.2, 0) is 11.3 Å². The van der Waals surface area contributed by atoms with Crippen molar-refractivity contribution in [2.45, 2.75) is 32.7 Å². The van der Waals surface area contributed by atoms with Crippen molar-refractivity contribution in [2.75, 3.05) is 19.6 Å². The van der Waals surface area contributed by atoms with Gasteiger partial charge >= 0.3 is 0 Å². The Morgan fingerprint density at radius 1 is 1.18 bits per heavy atom. The second-order valence-electron chi connectivity index (χ2n) is 7.99. The molecule has 0 N–H and O–H groups in total. The summed E-state index contributed by atoms with van der Waals surface area (Å²) >= 11 is 6.18. The molecule has 2 amide bonds. The highest BCUT2D eigenvalue weighted by atomic mass is 35.5. The quantitative estimate of drug-likeness (QED) is 0.793. The van der Waals surface area contributed by atoms with E-state index in [0.717, 1.165) is 30.5 Å². The number of aromatic nitrogens is 1. The largest absolute Gasteiger partial charge is 0.339 e. The molecule has 0 bridgehead atoms. The molecule has 4 rings (SSSR count). The standard InChI is InChI=1S/C22H24ClN3O2/c1-16-18(3-2-4-19(16)23)21(28)25-11-7-22(8-12-25)13-20(27)26(15-22)14-17-5-9-24-10-6-17/h2-6,9-10H,7-8,11-15H2,1H3. The van der Waals surface area contributed by atoms with Crippen molar-refractivity contribution in [3.63, 3.8) is 0 Å². The van der Waals surface area contributed by atoms with E-state index in [1.807, 2.05) is 41.0 Å². The third-order valence-electron chi connectivity index (χ3n) is 6.14. The van der Waals surface area contributed by atoms with Crippen LogP contribution in [0, 0.1) is 12.3 Å². The first-order chi connectivity index (χ1) is 13.5. The van der Waals surface area contributed by atoms with Gasteiger partial charge in [-0.05, 0) is 55.2 Å². The smallest absolute Gasteiger partial charge is 0.254 e. The first-order valence-electron chi connectivity index (χ1n) is 9.69. The van der Waals surface area contributed by atoms with Crippen LogP contribution >= 0.6 is 11.6 Å². The molecule has 28 heavy (non-hydrogen) atoms. The molecule has 0 aliphatic carbocycles. The van der Waals surface area contributed by atoms with Crippen LogP contribution in [-0.4, -0.2) is 46.2 Å². The Hall–Kier alpha value is -2.40. The second kappa shape index (κ2) is 7.55. The fourth-order valence-electron chi connectivity index (χ4n) is 4.36. The maximum atomic E-state index is 12.9. The lowest BCUT2D eigenvalue weighted by Crippen LogP contribution is -2.44. The van der Waals surface area contributed by atoms with Crippen molar-refractivity contribution in [1.29, 1.82) is 0 Å².